The fourth-order valence-corrected chi connectivity index (χ4v) is 4.81. The van der Waals surface area contributed by atoms with Crippen LogP contribution in [0.2, 0.25) is 0 Å². The van der Waals surface area contributed by atoms with Crippen molar-refractivity contribution in [3.05, 3.63) is 0 Å². The molecular formula is C26H37NO17. The Kier molecular flexibility index (Phi) is 13.0. The summed E-state index contributed by atoms with van der Waals surface area (Å²) in [5.74, 6) is -6.17. The summed E-state index contributed by atoms with van der Waals surface area (Å²) in [6.07, 6.45) is -16.5. The van der Waals surface area contributed by atoms with Crippen molar-refractivity contribution in [2.45, 2.75) is 116 Å². The molecule has 2 rings (SSSR count). The first-order chi connectivity index (χ1) is 20.4. The Labute approximate surface area is 251 Å². The highest BCUT2D eigenvalue weighted by Gasteiger charge is 2.60. The number of aliphatic hydroxyl groups is 1. The van der Waals surface area contributed by atoms with E-state index < -0.39 is 116 Å². The first-order valence-electron chi connectivity index (χ1n) is 13.3. The molecule has 3 N–H and O–H groups in total. The molecule has 18 heteroatoms. The molecule has 1 aliphatic heterocycles. The van der Waals surface area contributed by atoms with Crippen LogP contribution >= 0.6 is 0 Å². The lowest BCUT2D eigenvalue weighted by Crippen LogP contribution is -2.70. The second-order valence-corrected chi connectivity index (χ2v) is 9.96. The smallest absolute Gasteiger partial charge is 0.303 e. The molecule has 0 unspecified atom stereocenters. The molecular weight excluding hydrogens is 598 g/mol. The van der Waals surface area contributed by atoms with E-state index in [1.165, 1.54) is 0 Å². The second-order valence-electron chi connectivity index (χ2n) is 9.96. The maximum atomic E-state index is 12.2. The molecule has 2 aliphatic rings. The van der Waals surface area contributed by atoms with Gasteiger partial charge in [0.1, 0.15) is 24.9 Å². The summed E-state index contributed by atoms with van der Waals surface area (Å²) in [5, 5.41) is 11.4. The van der Waals surface area contributed by atoms with Crippen LogP contribution < -0.4 is 5.73 Å². The highest BCUT2D eigenvalue weighted by Crippen LogP contribution is 2.35. The van der Waals surface area contributed by atoms with E-state index in [0.29, 0.717) is 0 Å². The molecule has 0 spiro atoms. The molecule has 1 saturated carbocycles. The minimum absolute atomic E-state index is 0.543. The fraction of sp³-hybridized carbons (Fsp3) is 0.731. The van der Waals surface area contributed by atoms with Gasteiger partial charge < -0.3 is 53.5 Å². The van der Waals surface area contributed by atoms with E-state index in [9.17, 15) is 38.7 Å². The van der Waals surface area contributed by atoms with Gasteiger partial charge in [0, 0.05) is 48.5 Å². The van der Waals surface area contributed by atoms with E-state index in [2.05, 4.69) is 0 Å². The van der Waals surface area contributed by atoms with Crippen LogP contribution in [0.5, 0.6) is 0 Å². The van der Waals surface area contributed by atoms with Crippen molar-refractivity contribution >= 4 is 41.8 Å². The predicted octanol–water partition coefficient (Wildman–Crippen LogP) is -2.05. The minimum atomic E-state index is -1.96. The fourth-order valence-electron chi connectivity index (χ4n) is 4.81. The van der Waals surface area contributed by atoms with E-state index in [1.807, 2.05) is 0 Å². The number of rotatable bonds is 10. The van der Waals surface area contributed by atoms with Gasteiger partial charge in [-0.2, -0.15) is 0 Å². The molecule has 11 atom stereocenters. The molecule has 248 valence electrons. The number of nitrogens with two attached hydrogens (primary N) is 1. The van der Waals surface area contributed by atoms with Crippen LogP contribution in [-0.4, -0.2) is 121 Å². The van der Waals surface area contributed by atoms with Gasteiger partial charge in [-0.25, -0.2) is 0 Å². The summed E-state index contributed by atoms with van der Waals surface area (Å²) < 4.78 is 48.5. The van der Waals surface area contributed by atoms with Crippen LogP contribution in [0.25, 0.3) is 0 Å². The Morgan fingerprint density at radius 1 is 0.545 bits per heavy atom. The van der Waals surface area contributed by atoms with E-state index in [1.54, 1.807) is 0 Å². The third-order valence-electron chi connectivity index (χ3n) is 6.22. The summed E-state index contributed by atoms with van der Waals surface area (Å²) in [7, 11) is 0. The highest BCUT2D eigenvalue weighted by molar-refractivity contribution is 5.70. The van der Waals surface area contributed by atoms with Crippen LogP contribution in [0.4, 0.5) is 0 Å². The summed E-state index contributed by atoms with van der Waals surface area (Å²) in [6, 6.07) is -1.48. The third kappa shape index (κ3) is 9.83. The third-order valence-corrected chi connectivity index (χ3v) is 6.22. The van der Waals surface area contributed by atoms with Gasteiger partial charge in [0.15, 0.2) is 42.9 Å². The average molecular weight is 636 g/mol. The molecule has 0 aromatic rings. The maximum absolute atomic E-state index is 12.2. The van der Waals surface area contributed by atoms with Gasteiger partial charge in [-0.15, -0.1) is 0 Å². The number of carbonyl (C=O) groups excluding carboxylic acids is 7. The molecule has 0 bridgehead atoms. The van der Waals surface area contributed by atoms with Crippen molar-refractivity contribution in [3.8, 4) is 0 Å². The number of hydrogen-bond acceptors (Lipinski definition) is 18. The van der Waals surface area contributed by atoms with Gasteiger partial charge in [-0.3, -0.25) is 33.6 Å². The zero-order valence-electron chi connectivity index (χ0n) is 25.1. The lowest BCUT2D eigenvalue weighted by atomic mass is 9.83. The van der Waals surface area contributed by atoms with Crippen molar-refractivity contribution < 1.29 is 81.3 Å². The van der Waals surface area contributed by atoms with Gasteiger partial charge >= 0.3 is 41.8 Å². The lowest BCUT2D eigenvalue weighted by molar-refractivity contribution is -0.321. The van der Waals surface area contributed by atoms with Gasteiger partial charge in [-0.1, -0.05) is 0 Å². The molecule has 0 aromatic carbocycles. The number of carbonyl (C=O) groups is 7. The van der Waals surface area contributed by atoms with E-state index in [4.69, 9.17) is 48.4 Å². The van der Waals surface area contributed by atoms with Crippen LogP contribution in [0, 0.1) is 0 Å². The minimum Gasteiger partial charge on any atom is -0.463 e. The normalized spacial score (nSPS) is 33.2. The SMILES string of the molecule is CC(=O)OC[C@H]1O[C@H](O[C@H]2[C@H](O)[C@@H](OC(C)=O)[C@H](OC(C)=O)[C@@H](OC(C)=O)[C@H]2OC(C)=O)[C@H](N)[C@@H](OC(C)=O)[C@@H]1OC(C)=O. The van der Waals surface area contributed by atoms with Crippen LogP contribution in [0.1, 0.15) is 48.5 Å². The van der Waals surface area contributed by atoms with E-state index in [-0.39, 0.29) is 0 Å². The quantitative estimate of drug-likeness (QED) is 0.194. The van der Waals surface area contributed by atoms with Crippen molar-refractivity contribution in [1.82, 2.24) is 0 Å². The van der Waals surface area contributed by atoms with Gasteiger partial charge in [0.05, 0.1) is 6.04 Å². The van der Waals surface area contributed by atoms with Gasteiger partial charge in [-0.05, 0) is 0 Å². The first-order valence-corrected chi connectivity index (χ1v) is 13.3. The Hall–Kier alpha value is -3.87. The molecule has 18 nitrogen and oxygen atoms in total. The molecule has 44 heavy (non-hydrogen) atoms. The summed E-state index contributed by atoms with van der Waals surface area (Å²) in [6.45, 7) is 6.64. The number of hydrogen-bond donors (Lipinski definition) is 2. The monoisotopic (exact) mass is 635 g/mol. The Balaban J connectivity index is 2.63. The van der Waals surface area contributed by atoms with E-state index in [0.717, 1.165) is 48.5 Å². The largest absolute Gasteiger partial charge is 0.463 e. The van der Waals surface area contributed by atoms with Crippen LogP contribution in [0.15, 0.2) is 0 Å². The number of aliphatic hydroxyl groups excluding tert-OH is 1. The zero-order valence-corrected chi connectivity index (χ0v) is 25.1. The second kappa shape index (κ2) is 15.7. The zero-order chi connectivity index (χ0) is 33.5. The maximum Gasteiger partial charge on any atom is 0.303 e. The van der Waals surface area contributed by atoms with Crippen LogP contribution in [-0.2, 0) is 76.2 Å². The molecule has 1 saturated heterocycles. The molecule has 0 aromatic heterocycles. The Bertz CT molecular complexity index is 1110. The molecule has 0 radical (unpaired) electrons. The molecule has 1 aliphatic carbocycles. The summed E-state index contributed by atoms with van der Waals surface area (Å²) in [5.41, 5.74) is 6.33. The highest BCUT2D eigenvalue weighted by atomic mass is 16.7. The van der Waals surface area contributed by atoms with Crippen molar-refractivity contribution in [2.75, 3.05) is 6.61 Å². The van der Waals surface area contributed by atoms with Gasteiger partial charge in [0.25, 0.3) is 0 Å². The molecule has 1 heterocycles. The lowest BCUT2D eigenvalue weighted by Gasteiger charge is -2.49. The van der Waals surface area contributed by atoms with Crippen molar-refractivity contribution in [2.24, 2.45) is 5.73 Å². The summed E-state index contributed by atoms with van der Waals surface area (Å²) >= 11 is 0. The van der Waals surface area contributed by atoms with Gasteiger partial charge in [0.2, 0.25) is 0 Å². The number of esters is 7. The number of ether oxygens (including phenoxy) is 9. The Morgan fingerprint density at radius 2 is 0.909 bits per heavy atom. The predicted molar refractivity (Wildman–Crippen MR) is 137 cm³/mol. The van der Waals surface area contributed by atoms with E-state index >= 15 is 0 Å². The summed E-state index contributed by atoms with van der Waals surface area (Å²) in [4.78, 5) is 83.6. The van der Waals surface area contributed by atoms with Crippen molar-refractivity contribution in [3.63, 3.8) is 0 Å². The molecule has 0 amide bonds. The van der Waals surface area contributed by atoms with Crippen LogP contribution in [0.3, 0.4) is 0 Å². The standard InChI is InChI=1S/C26H37NO17/c1-9(28)36-8-16-19(37-10(2)29)20(38-11(3)30)17(27)26(43-16)44-22-18(35)21(39-12(4)31)23(40-13(5)32)25(42-15(7)34)24(22)41-14(6)33/h16-26,35H,8,27H2,1-7H3/t16-,17-,18-,19-,20-,21-,22+,23+,24+,25-,26-/m1/s1. The topological polar surface area (TPSA) is 249 Å². The average Bonchev–Trinajstić information content (AvgIpc) is 2.87. The molecule has 2 fully saturated rings. The first kappa shape index (κ1) is 36.3. The Morgan fingerprint density at radius 3 is 1.34 bits per heavy atom. The van der Waals surface area contributed by atoms with Crippen molar-refractivity contribution in [1.29, 1.82) is 0 Å².